The number of benzene rings is 2. The minimum absolute atomic E-state index is 0.108. The van der Waals surface area contributed by atoms with E-state index in [1.807, 2.05) is 41.3 Å². The van der Waals surface area contributed by atoms with Crippen LogP contribution in [0.3, 0.4) is 0 Å². The number of nitrogens with zero attached hydrogens (tertiary/aromatic N) is 4. The van der Waals surface area contributed by atoms with Crippen molar-refractivity contribution in [2.45, 2.75) is 25.3 Å². The zero-order valence-corrected chi connectivity index (χ0v) is 16.9. The van der Waals surface area contributed by atoms with Gasteiger partial charge in [-0.25, -0.2) is 14.1 Å². The second-order valence-electron chi connectivity index (χ2n) is 7.68. The van der Waals surface area contributed by atoms with Gasteiger partial charge in [0.1, 0.15) is 11.6 Å². The lowest BCUT2D eigenvalue weighted by Gasteiger charge is -2.34. The summed E-state index contributed by atoms with van der Waals surface area (Å²) >= 11 is 0. The standard InChI is InChI=1S/C24H22FN5O/c25-18-8-6-7-17(15-18)21-16-26-23(27-21)22-11-4-5-13-29(22)24(31)20-12-14-30(28-20)19-9-2-1-3-10-19/h1-3,6-10,12,14-16,22H,4-5,11,13H2,(H,26,27)/t22-/m1/s1. The summed E-state index contributed by atoms with van der Waals surface area (Å²) in [6.45, 7) is 0.650. The Morgan fingerprint density at radius 1 is 1.06 bits per heavy atom. The molecule has 31 heavy (non-hydrogen) atoms. The predicted octanol–water partition coefficient (Wildman–Crippen LogP) is 4.77. The molecule has 0 spiro atoms. The molecule has 1 aliphatic rings. The number of amides is 1. The van der Waals surface area contributed by atoms with Gasteiger partial charge in [-0.15, -0.1) is 0 Å². The highest BCUT2D eigenvalue weighted by molar-refractivity contribution is 5.92. The molecule has 7 heteroatoms. The molecule has 1 fully saturated rings. The average molecular weight is 415 g/mol. The molecular weight excluding hydrogens is 393 g/mol. The van der Waals surface area contributed by atoms with Crippen molar-refractivity contribution in [1.29, 1.82) is 0 Å². The zero-order valence-electron chi connectivity index (χ0n) is 16.9. The molecule has 1 atom stereocenters. The number of hydrogen-bond acceptors (Lipinski definition) is 3. The zero-order chi connectivity index (χ0) is 21.2. The fourth-order valence-corrected chi connectivity index (χ4v) is 4.08. The summed E-state index contributed by atoms with van der Waals surface area (Å²) in [4.78, 5) is 23.0. The third-order valence-electron chi connectivity index (χ3n) is 5.64. The Labute approximate surface area is 179 Å². The molecule has 5 rings (SSSR count). The predicted molar refractivity (Wildman–Crippen MR) is 115 cm³/mol. The summed E-state index contributed by atoms with van der Waals surface area (Å²) in [5.74, 6) is 0.315. The van der Waals surface area contributed by atoms with Crippen LogP contribution in [0.1, 0.15) is 41.6 Å². The molecule has 0 aliphatic carbocycles. The van der Waals surface area contributed by atoms with E-state index in [9.17, 15) is 9.18 Å². The third kappa shape index (κ3) is 3.86. The van der Waals surface area contributed by atoms with Crippen LogP contribution < -0.4 is 0 Å². The van der Waals surface area contributed by atoms with Crippen molar-refractivity contribution in [3.05, 3.63) is 90.4 Å². The van der Waals surface area contributed by atoms with E-state index in [0.717, 1.165) is 42.0 Å². The lowest BCUT2D eigenvalue weighted by Crippen LogP contribution is -2.39. The van der Waals surface area contributed by atoms with E-state index in [2.05, 4.69) is 15.1 Å². The number of carbonyl (C=O) groups excluding carboxylic acids is 1. The van der Waals surface area contributed by atoms with E-state index in [4.69, 9.17) is 0 Å². The van der Waals surface area contributed by atoms with E-state index < -0.39 is 0 Å². The highest BCUT2D eigenvalue weighted by Gasteiger charge is 2.31. The van der Waals surface area contributed by atoms with Crippen LogP contribution >= 0.6 is 0 Å². The molecule has 1 amide bonds. The molecule has 4 aromatic rings. The molecule has 156 valence electrons. The van der Waals surface area contributed by atoms with Gasteiger partial charge in [0.05, 0.1) is 23.6 Å². The Kier molecular flexibility index (Phi) is 5.08. The molecule has 0 saturated carbocycles. The average Bonchev–Trinajstić information content (AvgIpc) is 3.50. The van der Waals surface area contributed by atoms with E-state index in [0.29, 0.717) is 12.2 Å². The van der Waals surface area contributed by atoms with Crippen LogP contribution in [0.4, 0.5) is 4.39 Å². The number of aromatic nitrogens is 4. The lowest BCUT2D eigenvalue weighted by molar-refractivity contribution is 0.0594. The first kappa shape index (κ1) is 19.2. The van der Waals surface area contributed by atoms with E-state index in [-0.39, 0.29) is 17.8 Å². The maximum Gasteiger partial charge on any atom is 0.274 e. The fourth-order valence-electron chi connectivity index (χ4n) is 4.08. The van der Waals surface area contributed by atoms with Crippen molar-refractivity contribution in [1.82, 2.24) is 24.6 Å². The number of carbonyl (C=O) groups is 1. The van der Waals surface area contributed by atoms with Gasteiger partial charge in [0, 0.05) is 18.3 Å². The van der Waals surface area contributed by atoms with Crippen LogP contribution in [0, 0.1) is 5.82 Å². The molecule has 0 radical (unpaired) electrons. The summed E-state index contributed by atoms with van der Waals surface area (Å²) < 4.78 is 15.3. The van der Waals surface area contributed by atoms with Gasteiger partial charge < -0.3 is 9.88 Å². The van der Waals surface area contributed by atoms with Gasteiger partial charge in [0.2, 0.25) is 0 Å². The van der Waals surface area contributed by atoms with Crippen molar-refractivity contribution >= 4 is 5.91 Å². The number of rotatable bonds is 4. The van der Waals surface area contributed by atoms with Gasteiger partial charge >= 0.3 is 0 Å². The van der Waals surface area contributed by atoms with Crippen LogP contribution in [-0.4, -0.2) is 37.1 Å². The smallest absolute Gasteiger partial charge is 0.274 e. The molecular formula is C24H22FN5O. The number of aromatic amines is 1. The molecule has 1 N–H and O–H groups in total. The number of piperidine rings is 1. The van der Waals surface area contributed by atoms with Crippen LogP contribution in [0.15, 0.2) is 73.1 Å². The highest BCUT2D eigenvalue weighted by atomic mass is 19.1. The normalized spacial score (nSPS) is 16.4. The molecule has 1 aliphatic heterocycles. The van der Waals surface area contributed by atoms with E-state index >= 15 is 0 Å². The maximum atomic E-state index is 13.6. The first-order valence-electron chi connectivity index (χ1n) is 10.4. The second kappa shape index (κ2) is 8.18. The molecule has 3 heterocycles. The molecule has 0 bridgehead atoms. The minimum atomic E-state index is -0.294. The first-order chi connectivity index (χ1) is 15.2. The quantitative estimate of drug-likeness (QED) is 0.522. The van der Waals surface area contributed by atoms with Gasteiger partial charge in [-0.1, -0.05) is 30.3 Å². The van der Waals surface area contributed by atoms with Crippen molar-refractivity contribution < 1.29 is 9.18 Å². The van der Waals surface area contributed by atoms with Crippen LogP contribution in [0.2, 0.25) is 0 Å². The monoisotopic (exact) mass is 415 g/mol. The minimum Gasteiger partial charge on any atom is -0.340 e. The van der Waals surface area contributed by atoms with E-state index in [1.54, 1.807) is 29.2 Å². The number of likely N-dealkylation sites (tertiary alicyclic amines) is 1. The van der Waals surface area contributed by atoms with Gasteiger partial charge in [-0.2, -0.15) is 5.10 Å². The van der Waals surface area contributed by atoms with Gasteiger partial charge in [-0.05, 0) is 49.6 Å². The molecule has 0 unspecified atom stereocenters. The summed E-state index contributed by atoms with van der Waals surface area (Å²) in [5.41, 5.74) is 2.78. The Balaban J connectivity index is 1.40. The van der Waals surface area contributed by atoms with Gasteiger partial charge in [0.25, 0.3) is 5.91 Å². The largest absolute Gasteiger partial charge is 0.340 e. The summed E-state index contributed by atoms with van der Waals surface area (Å²) in [6.07, 6.45) is 6.28. The number of hydrogen-bond donors (Lipinski definition) is 1. The van der Waals surface area contributed by atoms with Crippen LogP contribution in [-0.2, 0) is 0 Å². The Hall–Kier alpha value is -3.74. The topological polar surface area (TPSA) is 66.8 Å². The van der Waals surface area contributed by atoms with Gasteiger partial charge in [-0.3, -0.25) is 4.79 Å². The number of nitrogens with one attached hydrogen (secondary N) is 1. The number of H-pyrrole nitrogens is 1. The Morgan fingerprint density at radius 2 is 1.94 bits per heavy atom. The van der Waals surface area contributed by atoms with Gasteiger partial charge in [0.15, 0.2) is 5.69 Å². The highest BCUT2D eigenvalue weighted by Crippen LogP contribution is 2.31. The maximum absolute atomic E-state index is 13.6. The first-order valence-corrected chi connectivity index (χ1v) is 10.4. The number of para-hydroxylation sites is 1. The lowest BCUT2D eigenvalue weighted by atomic mass is 10.0. The summed E-state index contributed by atoms with van der Waals surface area (Å²) in [6, 6.07) is 17.7. The van der Waals surface area contributed by atoms with Crippen molar-refractivity contribution in [2.24, 2.45) is 0 Å². The second-order valence-corrected chi connectivity index (χ2v) is 7.68. The third-order valence-corrected chi connectivity index (χ3v) is 5.64. The van der Waals surface area contributed by atoms with Crippen LogP contribution in [0.5, 0.6) is 0 Å². The molecule has 1 saturated heterocycles. The van der Waals surface area contributed by atoms with E-state index in [1.165, 1.54) is 12.1 Å². The molecule has 2 aromatic carbocycles. The molecule has 6 nitrogen and oxygen atoms in total. The number of halogens is 1. The Morgan fingerprint density at radius 3 is 2.77 bits per heavy atom. The van der Waals surface area contributed by atoms with Crippen molar-refractivity contribution in [3.8, 4) is 16.9 Å². The summed E-state index contributed by atoms with van der Waals surface area (Å²) in [7, 11) is 0. The summed E-state index contributed by atoms with van der Waals surface area (Å²) in [5, 5.41) is 4.50. The van der Waals surface area contributed by atoms with Crippen molar-refractivity contribution in [3.63, 3.8) is 0 Å². The van der Waals surface area contributed by atoms with Crippen molar-refractivity contribution in [2.75, 3.05) is 6.54 Å². The molecule has 2 aromatic heterocycles. The van der Waals surface area contributed by atoms with Crippen LogP contribution in [0.25, 0.3) is 16.9 Å². The number of imidazole rings is 1. The SMILES string of the molecule is O=C(c1ccn(-c2ccccc2)n1)N1CCCC[C@@H]1c1ncc(-c2cccc(F)c2)[nH]1. The Bertz CT molecular complexity index is 1200. The fraction of sp³-hybridized carbons (Fsp3) is 0.208.